The van der Waals surface area contributed by atoms with E-state index in [-0.39, 0.29) is 30.4 Å². The standard InChI is InChI=1S/C37H68N2O11/c1-13-14-25-37(10,44)30(41)20(4)28-18(2)16-36(9,50-28)32(49-34-27(40)24(38-11)15-19(3)46-34)21(5)29(22(6)33(43)39-25)48-26-17-35(8,45-12)31(42)23(7)47-26/h18-32,34,38,40-42,44H,13-17H2,1-12H3,(H,39,43)/t18-,19?,20+,21+,22-,23?,24?,25-,26?,27?,28-,29+,30-,31?,32-,34?,35?,36?,37-/m1/s1. The minimum Gasteiger partial charge on any atom is -0.390 e. The zero-order valence-electron chi connectivity index (χ0n) is 32.4. The molecule has 4 rings (SSSR count). The highest BCUT2D eigenvalue weighted by Crippen LogP contribution is 2.47. The number of hydrogen-bond donors (Lipinski definition) is 6. The van der Waals surface area contributed by atoms with E-state index in [1.807, 2.05) is 41.5 Å². The Bertz CT molecular complexity index is 1130. The lowest BCUT2D eigenvalue weighted by Crippen LogP contribution is -2.62. The molecule has 0 spiro atoms. The number of carbonyl (C=O) groups is 1. The molecular weight excluding hydrogens is 648 g/mol. The van der Waals surface area contributed by atoms with Crippen LogP contribution in [0.5, 0.6) is 0 Å². The van der Waals surface area contributed by atoms with Crippen LogP contribution in [0.2, 0.25) is 0 Å². The molecule has 0 aromatic carbocycles. The van der Waals surface area contributed by atoms with Gasteiger partial charge in [0.25, 0.3) is 0 Å². The van der Waals surface area contributed by atoms with Gasteiger partial charge in [0.05, 0.1) is 59.8 Å². The van der Waals surface area contributed by atoms with E-state index >= 15 is 0 Å². The zero-order valence-corrected chi connectivity index (χ0v) is 32.4. The predicted octanol–water partition coefficient (Wildman–Crippen LogP) is 2.24. The molecule has 13 nitrogen and oxygen atoms in total. The first-order chi connectivity index (χ1) is 23.2. The van der Waals surface area contributed by atoms with Gasteiger partial charge < -0.3 is 59.5 Å². The summed E-state index contributed by atoms with van der Waals surface area (Å²) in [5, 5.41) is 52.3. The van der Waals surface area contributed by atoms with Crippen LogP contribution in [0.3, 0.4) is 0 Å². The lowest BCUT2D eigenvalue weighted by molar-refractivity contribution is -0.316. The second kappa shape index (κ2) is 16.2. The highest BCUT2D eigenvalue weighted by molar-refractivity contribution is 5.79. The molecule has 0 saturated carbocycles. The van der Waals surface area contributed by atoms with Gasteiger partial charge in [0.15, 0.2) is 12.6 Å². The van der Waals surface area contributed by atoms with Crippen molar-refractivity contribution in [2.75, 3.05) is 14.2 Å². The molecule has 0 aliphatic carbocycles. The van der Waals surface area contributed by atoms with Gasteiger partial charge in [0.1, 0.15) is 17.8 Å². The molecule has 50 heavy (non-hydrogen) atoms. The first-order valence-corrected chi connectivity index (χ1v) is 18.8. The van der Waals surface area contributed by atoms with Crippen molar-refractivity contribution < 1.29 is 53.6 Å². The highest BCUT2D eigenvalue weighted by Gasteiger charge is 2.57. The lowest BCUT2D eigenvalue weighted by atomic mass is 9.75. The number of aliphatic hydroxyl groups is 4. The van der Waals surface area contributed by atoms with Gasteiger partial charge in [-0.3, -0.25) is 4.79 Å². The molecule has 0 radical (unpaired) electrons. The Hall–Kier alpha value is -0.970. The molecule has 4 fully saturated rings. The number of nitrogens with one attached hydrogen (secondary N) is 2. The van der Waals surface area contributed by atoms with Gasteiger partial charge in [-0.25, -0.2) is 0 Å². The molecule has 0 aromatic rings. The van der Waals surface area contributed by atoms with Gasteiger partial charge in [0, 0.05) is 31.4 Å². The van der Waals surface area contributed by atoms with E-state index in [4.69, 9.17) is 28.4 Å². The first-order valence-electron chi connectivity index (χ1n) is 18.8. The molecule has 4 aliphatic heterocycles. The fourth-order valence-electron chi connectivity index (χ4n) is 9.27. The van der Waals surface area contributed by atoms with E-state index in [1.165, 1.54) is 0 Å². The van der Waals surface area contributed by atoms with Crippen molar-refractivity contribution in [3.8, 4) is 0 Å². The Morgan fingerprint density at radius 2 is 1.62 bits per heavy atom. The summed E-state index contributed by atoms with van der Waals surface area (Å²) in [6.45, 7) is 18.7. The Morgan fingerprint density at radius 1 is 0.960 bits per heavy atom. The molecule has 13 heteroatoms. The summed E-state index contributed by atoms with van der Waals surface area (Å²) in [4.78, 5) is 14.3. The topological polar surface area (TPSA) is 177 Å². The number of ether oxygens (including phenoxy) is 6. The maximum Gasteiger partial charge on any atom is 0.225 e. The maximum atomic E-state index is 14.3. The van der Waals surface area contributed by atoms with Crippen LogP contribution >= 0.6 is 0 Å². The van der Waals surface area contributed by atoms with E-state index in [2.05, 4.69) is 17.6 Å². The molecule has 1 amide bonds. The van der Waals surface area contributed by atoms with Gasteiger partial charge in [0.2, 0.25) is 5.91 Å². The summed E-state index contributed by atoms with van der Waals surface area (Å²) >= 11 is 0. The van der Waals surface area contributed by atoms with E-state index in [0.717, 1.165) is 0 Å². The average molecular weight is 717 g/mol. The summed E-state index contributed by atoms with van der Waals surface area (Å²) in [5.41, 5.74) is -3.61. The SMILES string of the molecule is CCC[C@H]1NC(=O)[C@H](C)[C@@H](OC2CC(C)(OC)C(O)C(C)O2)[C@H](C)[C@@H](OC2OC(C)CC(NC)C2O)C2(C)C[C@@H](C)[C@@H](O2)[C@H](C)[C@@H](O)[C@]1(C)O. The molecule has 292 valence electrons. The highest BCUT2D eigenvalue weighted by atomic mass is 16.7. The van der Waals surface area contributed by atoms with Crippen molar-refractivity contribution in [3.05, 3.63) is 0 Å². The van der Waals surface area contributed by atoms with E-state index in [1.54, 1.807) is 34.9 Å². The van der Waals surface area contributed by atoms with Crippen molar-refractivity contribution in [3.63, 3.8) is 0 Å². The minimum atomic E-state index is -1.67. The largest absolute Gasteiger partial charge is 0.390 e. The molecule has 4 aliphatic rings. The van der Waals surface area contributed by atoms with Crippen LogP contribution < -0.4 is 10.6 Å². The Morgan fingerprint density at radius 3 is 2.22 bits per heavy atom. The molecule has 2 bridgehead atoms. The number of aliphatic hydroxyl groups excluding tert-OH is 3. The summed E-state index contributed by atoms with van der Waals surface area (Å²) in [6.07, 6.45) is -5.38. The number of hydrogen-bond acceptors (Lipinski definition) is 12. The van der Waals surface area contributed by atoms with E-state index < -0.39 is 95.9 Å². The predicted molar refractivity (Wildman–Crippen MR) is 186 cm³/mol. The van der Waals surface area contributed by atoms with Crippen LogP contribution in [0.15, 0.2) is 0 Å². The normalized spacial score (nSPS) is 52.4. The third-order valence-electron chi connectivity index (χ3n) is 12.5. The lowest BCUT2D eigenvalue weighted by Gasteiger charge is -2.48. The van der Waals surface area contributed by atoms with Crippen molar-refractivity contribution in [2.24, 2.45) is 23.7 Å². The van der Waals surface area contributed by atoms with Gasteiger partial charge in [-0.15, -0.1) is 0 Å². The first kappa shape index (κ1) is 41.8. The molecule has 9 unspecified atom stereocenters. The number of rotatable bonds is 8. The molecule has 19 atom stereocenters. The van der Waals surface area contributed by atoms with Gasteiger partial charge in [-0.2, -0.15) is 0 Å². The second-order valence-corrected chi connectivity index (χ2v) is 16.6. The monoisotopic (exact) mass is 716 g/mol. The summed E-state index contributed by atoms with van der Waals surface area (Å²) in [7, 11) is 3.34. The fraction of sp³-hybridized carbons (Fsp3) is 0.973. The van der Waals surface area contributed by atoms with Crippen LogP contribution in [-0.4, -0.2) is 131 Å². The second-order valence-electron chi connectivity index (χ2n) is 16.6. The number of likely N-dealkylation sites (N-methyl/N-ethyl adjacent to an activating group) is 1. The average Bonchev–Trinajstić information content (AvgIpc) is 3.38. The van der Waals surface area contributed by atoms with E-state index in [9.17, 15) is 25.2 Å². The number of carbonyl (C=O) groups excluding carboxylic acids is 1. The van der Waals surface area contributed by atoms with Crippen LogP contribution in [0, 0.1) is 23.7 Å². The molecule has 6 N–H and O–H groups in total. The van der Waals surface area contributed by atoms with Crippen molar-refractivity contribution in [1.29, 1.82) is 0 Å². The van der Waals surface area contributed by atoms with Crippen molar-refractivity contribution in [1.82, 2.24) is 10.6 Å². The number of amides is 1. The van der Waals surface area contributed by atoms with Crippen LogP contribution in [0.25, 0.3) is 0 Å². The summed E-state index contributed by atoms with van der Waals surface area (Å²) < 4.78 is 38.8. The number of fused-ring (bicyclic) bond motifs is 2. The third-order valence-corrected chi connectivity index (χ3v) is 12.5. The van der Waals surface area contributed by atoms with E-state index in [0.29, 0.717) is 25.7 Å². The number of methoxy groups -OCH3 is 1. The van der Waals surface area contributed by atoms with Gasteiger partial charge in [-0.1, -0.05) is 41.0 Å². The Balaban J connectivity index is 1.84. The van der Waals surface area contributed by atoms with Crippen molar-refractivity contribution in [2.45, 2.75) is 192 Å². The quantitative estimate of drug-likeness (QED) is 0.216. The van der Waals surface area contributed by atoms with Gasteiger partial charge >= 0.3 is 0 Å². The fourth-order valence-corrected chi connectivity index (χ4v) is 9.27. The summed E-state index contributed by atoms with van der Waals surface area (Å²) in [6, 6.07) is -1.02. The Kier molecular flexibility index (Phi) is 13.5. The maximum absolute atomic E-state index is 14.3. The minimum absolute atomic E-state index is 0.0368. The van der Waals surface area contributed by atoms with Crippen LogP contribution in [0.1, 0.15) is 101 Å². The third kappa shape index (κ3) is 8.23. The molecular formula is C37H68N2O11. The zero-order chi connectivity index (χ0) is 37.5. The molecule has 0 aromatic heterocycles. The van der Waals surface area contributed by atoms with Gasteiger partial charge in [-0.05, 0) is 66.8 Å². The molecule has 4 saturated heterocycles. The Labute approximate surface area is 299 Å². The van der Waals surface area contributed by atoms with Crippen LogP contribution in [0.4, 0.5) is 0 Å². The van der Waals surface area contributed by atoms with Crippen LogP contribution in [-0.2, 0) is 33.2 Å². The molecule has 4 heterocycles. The summed E-state index contributed by atoms with van der Waals surface area (Å²) in [5.74, 6) is -2.25. The smallest absolute Gasteiger partial charge is 0.225 e. The van der Waals surface area contributed by atoms with Crippen molar-refractivity contribution >= 4 is 5.91 Å².